The quantitative estimate of drug-likeness (QED) is 0.0529. The van der Waals surface area contributed by atoms with Gasteiger partial charge in [-0.05, 0) is 90.6 Å². The van der Waals surface area contributed by atoms with Gasteiger partial charge in [0.1, 0.15) is 73.2 Å². The summed E-state index contributed by atoms with van der Waals surface area (Å²) >= 11 is 0. The van der Waals surface area contributed by atoms with Gasteiger partial charge in [0, 0.05) is 33.8 Å². The molecule has 4 aromatic rings. The highest BCUT2D eigenvalue weighted by Gasteiger charge is 2.46. The van der Waals surface area contributed by atoms with Crippen molar-refractivity contribution in [3.63, 3.8) is 0 Å². The number of hydrogen-bond donors (Lipinski definition) is 15. The molecule has 0 radical (unpaired) electrons. The van der Waals surface area contributed by atoms with E-state index in [0.717, 1.165) is 0 Å². The summed E-state index contributed by atoms with van der Waals surface area (Å²) in [7, 11) is 0. The van der Waals surface area contributed by atoms with Gasteiger partial charge in [-0.2, -0.15) is 0 Å². The lowest BCUT2D eigenvalue weighted by atomic mass is 9.99. The topological polar surface area (TPSA) is 385 Å². The van der Waals surface area contributed by atoms with Crippen molar-refractivity contribution >= 4 is 34.8 Å². The Morgan fingerprint density at radius 1 is 0.400 bits per heavy atom. The van der Waals surface area contributed by atoms with Gasteiger partial charge in [0.2, 0.25) is 0 Å². The number of ether oxygens (including phenoxy) is 6. The van der Waals surface area contributed by atoms with Crippen LogP contribution in [0.3, 0.4) is 0 Å². The number of carbonyl (C=O) groups excluding carboxylic acids is 3. The van der Waals surface area contributed by atoms with Gasteiger partial charge in [-0.25, -0.2) is 0 Å². The number of nitrogens with one attached hydrogen (secondary N) is 3. The number of aryl methyl sites for hydroxylation is 3. The van der Waals surface area contributed by atoms with E-state index in [9.17, 15) is 75.7 Å². The van der Waals surface area contributed by atoms with Crippen molar-refractivity contribution in [2.75, 3.05) is 35.8 Å². The number of hydrogen-bond acceptors (Lipinski definition) is 21. The highest BCUT2D eigenvalue weighted by atomic mass is 16.7. The molecular weight excluding hydrogens is 991 g/mol. The minimum atomic E-state index is -1.66. The maximum atomic E-state index is 14.2. The van der Waals surface area contributed by atoms with E-state index in [-0.39, 0.29) is 53.6 Å². The number of benzene rings is 4. The normalized spacial score (nSPS) is 29.9. The molecule has 24 heteroatoms. The van der Waals surface area contributed by atoms with Gasteiger partial charge in [0.05, 0.1) is 39.6 Å². The Morgan fingerprint density at radius 2 is 0.653 bits per heavy atom. The second kappa shape index (κ2) is 25.2. The fourth-order valence-corrected chi connectivity index (χ4v) is 8.44. The molecule has 3 aliphatic heterocycles. The lowest BCUT2D eigenvalue weighted by Gasteiger charge is -2.39. The van der Waals surface area contributed by atoms with E-state index in [2.05, 4.69) is 16.0 Å². The summed E-state index contributed by atoms with van der Waals surface area (Å²) < 4.78 is 33.4. The number of anilines is 3. The molecule has 3 saturated heterocycles. The van der Waals surface area contributed by atoms with Gasteiger partial charge in [0.15, 0.2) is 18.9 Å². The smallest absolute Gasteiger partial charge is 0.255 e. The molecule has 4 aromatic carbocycles. The molecule has 3 amide bonds. The molecule has 0 bridgehead atoms. The molecule has 75 heavy (non-hydrogen) atoms. The highest BCUT2D eigenvalue weighted by Crippen LogP contribution is 2.29. The van der Waals surface area contributed by atoms with E-state index < -0.39 is 130 Å². The van der Waals surface area contributed by atoms with E-state index in [1.165, 1.54) is 18.2 Å². The Morgan fingerprint density at radius 3 is 0.893 bits per heavy atom. The molecule has 0 aliphatic carbocycles. The minimum Gasteiger partial charge on any atom is -0.394 e. The SMILES string of the molecule is Cc1ccc(CO[C@@H]2O[C@H](CO)[C@@H](O)[C@H](O)[C@H]2O)cc1NC(=O)c1cc(C(=O)Nc2cc(CO[C@@H]3O[C@H](CO)[C@@H](O)[C@H](O)[C@H]3O)ccc2C)cc(C(=O)Nc2cc(CO[C@@H]3O[C@H](CO)[C@@H](O)[C@H](O)[C@H]3O)ccc2C)c1. The largest absolute Gasteiger partial charge is 0.394 e. The molecule has 3 fully saturated rings. The molecule has 15 atom stereocenters. The summed E-state index contributed by atoms with van der Waals surface area (Å²) in [5.74, 6) is -2.25. The van der Waals surface area contributed by atoms with Gasteiger partial charge in [-0.1, -0.05) is 36.4 Å². The number of amides is 3. The Balaban J connectivity index is 1.12. The van der Waals surface area contributed by atoms with Crippen LogP contribution in [0, 0.1) is 20.8 Å². The summed E-state index contributed by atoms with van der Waals surface area (Å²) in [6.07, 6.45) is -22.6. The van der Waals surface area contributed by atoms with Crippen molar-refractivity contribution in [1.29, 1.82) is 0 Å². The van der Waals surface area contributed by atoms with Gasteiger partial charge in [-0.3, -0.25) is 14.4 Å². The molecule has 3 heterocycles. The van der Waals surface area contributed by atoms with Crippen LogP contribution in [-0.2, 0) is 48.2 Å². The molecule has 24 nitrogen and oxygen atoms in total. The van der Waals surface area contributed by atoms with E-state index in [0.29, 0.717) is 33.4 Å². The lowest BCUT2D eigenvalue weighted by molar-refractivity contribution is -0.304. The standard InChI is InChI=1S/C51H63N3O21/c1-22-4-7-25(19-70-49-43(64)40(61)37(58)34(16-55)73-49)10-31(22)52-46(67)28-13-29(47(68)53-32-11-26(8-5-23(32)2)20-71-50-44(65)41(62)38(59)35(17-56)74-50)15-30(14-28)48(69)54-33-12-27(9-6-24(33)3)21-72-51-45(66)42(63)39(60)36(18-57)75-51/h4-15,34-45,49-51,55-66H,16-21H2,1-3H3,(H,52,67)(H,53,68)(H,54,69)/t34-,35-,36-,37-,38-,39-,40+,41+,42+,43-,44-,45-,49-,50-,51-/m1/s1. The van der Waals surface area contributed by atoms with Crippen molar-refractivity contribution in [2.45, 2.75) is 133 Å². The first-order valence-electron chi connectivity index (χ1n) is 23.9. The lowest BCUT2D eigenvalue weighted by Crippen LogP contribution is -2.59. The maximum absolute atomic E-state index is 14.2. The van der Waals surface area contributed by atoms with Gasteiger partial charge in [-0.15, -0.1) is 0 Å². The molecule has 408 valence electrons. The van der Waals surface area contributed by atoms with Crippen molar-refractivity contribution in [3.05, 3.63) is 123 Å². The van der Waals surface area contributed by atoms with Crippen LogP contribution in [0.1, 0.15) is 64.5 Å². The molecule has 3 aliphatic rings. The fourth-order valence-electron chi connectivity index (χ4n) is 8.44. The van der Waals surface area contributed by atoms with Crippen molar-refractivity contribution < 1.29 is 104 Å². The monoisotopic (exact) mass is 1050 g/mol. The van der Waals surface area contributed by atoms with Crippen LogP contribution in [0.4, 0.5) is 17.1 Å². The van der Waals surface area contributed by atoms with Crippen LogP contribution < -0.4 is 16.0 Å². The average Bonchev–Trinajstić information content (AvgIpc) is 3.40. The Labute approximate surface area is 429 Å². The van der Waals surface area contributed by atoms with Crippen LogP contribution in [-0.4, -0.2) is 191 Å². The molecule has 7 rings (SSSR count). The number of aliphatic hydroxyl groups excluding tert-OH is 12. The van der Waals surface area contributed by atoms with Crippen molar-refractivity contribution in [2.24, 2.45) is 0 Å². The Hall–Kier alpha value is -5.43. The average molecular weight is 1050 g/mol. The summed E-state index contributed by atoms with van der Waals surface area (Å²) in [5, 5.41) is 130. The minimum absolute atomic E-state index is 0.132. The zero-order valence-electron chi connectivity index (χ0n) is 40.9. The fraction of sp³-hybridized carbons (Fsp3) is 0.471. The number of carbonyl (C=O) groups is 3. The van der Waals surface area contributed by atoms with Gasteiger partial charge < -0.3 is 106 Å². The molecule has 0 unspecified atom stereocenters. The number of aliphatic hydroxyl groups is 12. The maximum Gasteiger partial charge on any atom is 0.255 e. The summed E-state index contributed by atoms with van der Waals surface area (Å²) in [4.78, 5) is 42.7. The number of rotatable bonds is 18. The second-order valence-corrected chi connectivity index (χ2v) is 18.6. The summed E-state index contributed by atoms with van der Waals surface area (Å²) in [5.41, 5.74) is 3.62. The van der Waals surface area contributed by atoms with E-state index in [1.807, 2.05) is 0 Å². The molecule has 0 saturated carbocycles. The third-order valence-electron chi connectivity index (χ3n) is 13.2. The van der Waals surface area contributed by atoms with Crippen molar-refractivity contribution in [3.8, 4) is 0 Å². The Bertz CT molecular complexity index is 2340. The first kappa shape index (κ1) is 57.3. The van der Waals surface area contributed by atoms with Crippen LogP contribution in [0.2, 0.25) is 0 Å². The van der Waals surface area contributed by atoms with E-state index in [4.69, 9.17) is 28.4 Å². The molecular formula is C51H63N3O21. The zero-order chi connectivity index (χ0) is 54.4. The zero-order valence-corrected chi connectivity index (χ0v) is 40.9. The third kappa shape index (κ3) is 13.4. The second-order valence-electron chi connectivity index (χ2n) is 18.6. The predicted molar refractivity (Wildman–Crippen MR) is 260 cm³/mol. The van der Waals surface area contributed by atoms with Crippen LogP contribution in [0.15, 0.2) is 72.8 Å². The Kier molecular flexibility index (Phi) is 19.2. The van der Waals surface area contributed by atoms with Gasteiger partial charge >= 0.3 is 0 Å². The predicted octanol–water partition coefficient (Wildman–Crippen LogP) is -1.68. The highest BCUT2D eigenvalue weighted by molar-refractivity contribution is 6.13. The molecule has 15 N–H and O–H groups in total. The van der Waals surface area contributed by atoms with Crippen LogP contribution in [0.25, 0.3) is 0 Å². The first-order valence-corrected chi connectivity index (χ1v) is 23.9. The summed E-state index contributed by atoms with van der Waals surface area (Å²) in [6.45, 7) is 2.50. The molecule has 0 aromatic heterocycles. The van der Waals surface area contributed by atoms with Crippen LogP contribution in [0.5, 0.6) is 0 Å². The van der Waals surface area contributed by atoms with Gasteiger partial charge in [0.25, 0.3) is 17.7 Å². The third-order valence-corrected chi connectivity index (χ3v) is 13.2. The molecule has 0 spiro atoms. The summed E-state index contributed by atoms with van der Waals surface area (Å²) in [6, 6.07) is 18.5. The first-order chi connectivity index (χ1) is 35.7. The van der Waals surface area contributed by atoms with E-state index in [1.54, 1.807) is 75.4 Å². The van der Waals surface area contributed by atoms with Crippen LogP contribution >= 0.6 is 0 Å². The van der Waals surface area contributed by atoms with E-state index >= 15 is 0 Å². The van der Waals surface area contributed by atoms with Crippen molar-refractivity contribution in [1.82, 2.24) is 0 Å².